The Morgan fingerprint density at radius 2 is 1.42 bits per heavy atom. The SMILES string of the molecule is COc1ccc(CN(Cc2ccc(OC)cc2)S(=O)(=O)c2cnn(CCCCCO)c2)cc1. The van der Waals surface area contributed by atoms with E-state index in [1.165, 1.54) is 10.5 Å². The standard InChI is InChI=1S/C24H31N3O5S/c1-31-22-10-6-20(7-11-22)17-27(18-21-8-12-23(32-2)13-9-21)33(29,30)24-16-25-26(19-24)14-4-3-5-15-28/h6-13,16,19,28H,3-5,14-15,17-18H2,1-2H3. The topological polar surface area (TPSA) is 93.9 Å². The number of aliphatic hydroxyl groups is 1. The van der Waals surface area contributed by atoms with E-state index in [9.17, 15) is 8.42 Å². The summed E-state index contributed by atoms with van der Waals surface area (Å²) in [5.74, 6) is 1.43. The molecule has 1 heterocycles. The van der Waals surface area contributed by atoms with Crippen LogP contribution >= 0.6 is 0 Å². The van der Waals surface area contributed by atoms with E-state index in [2.05, 4.69) is 5.10 Å². The Labute approximate surface area is 195 Å². The quantitative estimate of drug-likeness (QED) is 0.382. The highest BCUT2D eigenvalue weighted by Crippen LogP contribution is 2.23. The molecule has 178 valence electrons. The van der Waals surface area contributed by atoms with Crippen molar-refractivity contribution in [3.05, 3.63) is 72.1 Å². The van der Waals surface area contributed by atoms with Crippen LogP contribution in [0.15, 0.2) is 65.8 Å². The maximum atomic E-state index is 13.6. The minimum absolute atomic E-state index is 0.157. The Morgan fingerprint density at radius 3 is 1.91 bits per heavy atom. The van der Waals surface area contributed by atoms with Crippen molar-refractivity contribution in [1.82, 2.24) is 14.1 Å². The second-order valence-electron chi connectivity index (χ2n) is 7.69. The highest BCUT2D eigenvalue weighted by atomic mass is 32.2. The van der Waals surface area contributed by atoms with E-state index in [1.54, 1.807) is 25.1 Å². The number of unbranched alkanes of at least 4 members (excludes halogenated alkanes) is 2. The van der Waals surface area contributed by atoms with Gasteiger partial charge in [0.1, 0.15) is 16.4 Å². The van der Waals surface area contributed by atoms with E-state index in [0.29, 0.717) is 18.0 Å². The summed E-state index contributed by atoms with van der Waals surface area (Å²) < 4.78 is 40.6. The molecule has 33 heavy (non-hydrogen) atoms. The van der Waals surface area contributed by atoms with Gasteiger partial charge in [-0.05, 0) is 54.7 Å². The van der Waals surface area contributed by atoms with Gasteiger partial charge in [-0.3, -0.25) is 4.68 Å². The third-order valence-corrected chi connectivity index (χ3v) is 7.07. The largest absolute Gasteiger partial charge is 0.497 e. The fourth-order valence-corrected chi connectivity index (χ4v) is 4.78. The first-order valence-corrected chi connectivity index (χ1v) is 12.3. The summed E-state index contributed by atoms with van der Waals surface area (Å²) in [7, 11) is -0.607. The van der Waals surface area contributed by atoms with E-state index in [-0.39, 0.29) is 24.6 Å². The molecule has 8 nitrogen and oxygen atoms in total. The monoisotopic (exact) mass is 473 g/mol. The van der Waals surface area contributed by atoms with Gasteiger partial charge in [0.2, 0.25) is 10.0 Å². The van der Waals surface area contributed by atoms with E-state index >= 15 is 0 Å². The van der Waals surface area contributed by atoms with Crippen LogP contribution in [-0.2, 0) is 29.7 Å². The van der Waals surface area contributed by atoms with Crippen LogP contribution in [0.5, 0.6) is 11.5 Å². The van der Waals surface area contributed by atoms with Crippen molar-refractivity contribution in [1.29, 1.82) is 0 Å². The van der Waals surface area contributed by atoms with Gasteiger partial charge in [0.15, 0.2) is 0 Å². The molecular weight excluding hydrogens is 442 g/mol. The van der Waals surface area contributed by atoms with Crippen LogP contribution in [0.25, 0.3) is 0 Å². The summed E-state index contributed by atoms with van der Waals surface area (Å²) in [5, 5.41) is 13.2. The first kappa shape index (κ1) is 24.8. The lowest BCUT2D eigenvalue weighted by Crippen LogP contribution is -2.30. The molecule has 1 aromatic heterocycles. The zero-order valence-corrected chi connectivity index (χ0v) is 19.9. The first-order valence-electron chi connectivity index (χ1n) is 10.9. The Hall–Kier alpha value is -2.88. The van der Waals surface area contributed by atoms with Gasteiger partial charge >= 0.3 is 0 Å². The van der Waals surface area contributed by atoms with E-state index in [0.717, 1.165) is 30.4 Å². The predicted octanol–water partition coefficient (Wildman–Crippen LogP) is 3.45. The molecule has 0 atom stereocenters. The fourth-order valence-electron chi connectivity index (χ4n) is 3.41. The average molecular weight is 474 g/mol. The van der Waals surface area contributed by atoms with Crippen LogP contribution < -0.4 is 9.47 Å². The molecule has 3 rings (SSSR count). The maximum Gasteiger partial charge on any atom is 0.246 e. The van der Waals surface area contributed by atoms with E-state index in [1.807, 2.05) is 48.5 Å². The van der Waals surface area contributed by atoms with Crippen LogP contribution in [0.2, 0.25) is 0 Å². The van der Waals surface area contributed by atoms with Crippen molar-refractivity contribution in [2.24, 2.45) is 0 Å². The smallest absolute Gasteiger partial charge is 0.246 e. The van der Waals surface area contributed by atoms with Crippen molar-refractivity contribution in [3.8, 4) is 11.5 Å². The minimum atomic E-state index is -3.80. The molecule has 0 saturated heterocycles. The number of methoxy groups -OCH3 is 2. The van der Waals surface area contributed by atoms with Crippen LogP contribution in [-0.4, -0.2) is 48.4 Å². The molecule has 0 saturated carbocycles. The molecule has 3 aromatic rings. The lowest BCUT2D eigenvalue weighted by Gasteiger charge is -2.22. The maximum absolute atomic E-state index is 13.6. The number of rotatable bonds is 13. The molecule has 0 spiro atoms. The number of benzene rings is 2. The number of sulfonamides is 1. The molecule has 0 fully saturated rings. The summed E-state index contributed by atoms with van der Waals surface area (Å²) in [6, 6.07) is 14.7. The number of hydrogen-bond donors (Lipinski definition) is 1. The third kappa shape index (κ3) is 6.80. The van der Waals surface area contributed by atoms with Gasteiger partial charge in [-0.15, -0.1) is 0 Å². The summed E-state index contributed by atoms with van der Waals surface area (Å²) in [4.78, 5) is 0.159. The predicted molar refractivity (Wildman–Crippen MR) is 126 cm³/mol. The fraction of sp³-hybridized carbons (Fsp3) is 0.375. The summed E-state index contributed by atoms with van der Waals surface area (Å²) in [5.41, 5.74) is 1.70. The highest BCUT2D eigenvalue weighted by molar-refractivity contribution is 7.89. The number of hydrogen-bond acceptors (Lipinski definition) is 6. The Balaban J connectivity index is 1.83. The van der Waals surface area contributed by atoms with Gasteiger partial charge in [0.25, 0.3) is 0 Å². The minimum Gasteiger partial charge on any atom is -0.497 e. The van der Waals surface area contributed by atoms with Crippen LogP contribution in [0.4, 0.5) is 0 Å². The molecule has 0 unspecified atom stereocenters. The Kier molecular flexibility index (Phi) is 8.87. The Morgan fingerprint density at radius 1 is 0.879 bits per heavy atom. The van der Waals surface area contributed by atoms with Crippen LogP contribution in [0, 0.1) is 0 Å². The lowest BCUT2D eigenvalue weighted by molar-refractivity contribution is 0.281. The second kappa shape index (κ2) is 11.8. The molecule has 1 N–H and O–H groups in total. The molecule has 9 heteroatoms. The molecule has 2 aromatic carbocycles. The van der Waals surface area contributed by atoms with Crippen molar-refractivity contribution in [2.75, 3.05) is 20.8 Å². The van der Waals surface area contributed by atoms with Crippen LogP contribution in [0.3, 0.4) is 0 Å². The van der Waals surface area contributed by atoms with Gasteiger partial charge in [-0.1, -0.05) is 24.3 Å². The van der Waals surface area contributed by atoms with Crippen molar-refractivity contribution in [3.63, 3.8) is 0 Å². The zero-order valence-electron chi connectivity index (χ0n) is 19.1. The first-order chi connectivity index (χ1) is 16.0. The second-order valence-corrected chi connectivity index (χ2v) is 9.63. The van der Waals surface area contributed by atoms with Crippen molar-refractivity contribution >= 4 is 10.0 Å². The molecule has 0 amide bonds. The number of aryl methyl sites for hydroxylation is 1. The van der Waals surface area contributed by atoms with E-state index in [4.69, 9.17) is 14.6 Å². The molecule has 0 radical (unpaired) electrons. The molecule has 0 aliphatic carbocycles. The van der Waals surface area contributed by atoms with E-state index < -0.39 is 10.0 Å². The van der Waals surface area contributed by atoms with Crippen molar-refractivity contribution in [2.45, 2.75) is 43.8 Å². The number of nitrogens with zero attached hydrogens (tertiary/aromatic N) is 3. The molecule has 0 bridgehead atoms. The normalized spacial score (nSPS) is 11.6. The number of aromatic nitrogens is 2. The van der Waals surface area contributed by atoms with Crippen LogP contribution in [0.1, 0.15) is 30.4 Å². The molecular formula is C24H31N3O5S. The summed E-state index contributed by atoms with van der Waals surface area (Å²) in [6.07, 6.45) is 5.38. The van der Waals surface area contributed by atoms with Gasteiger partial charge in [-0.2, -0.15) is 9.40 Å². The number of aliphatic hydroxyl groups excluding tert-OH is 1. The average Bonchev–Trinajstić information content (AvgIpc) is 3.32. The highest BCUT2D eigenvalue weighted by Gasteiger charge is 2.26. The molecule has 0 aliphatic rings. The van der Waals surface area contributed by atoms with Crippen molar-refractivity contribution < 1.29 is 23.0 Å². The number of ether oxygens (including phenoxy) is 2. The zero-order chi connectivity index (χ0) is 23.7. The summed E-state index contributed by atoms with van der Waals surface area (Å²) >= 11 is 0. The van der Waals surface area contributed by atoms with Gasteiger partial charge in [0, 0.05) is 32.4 Å². The van der Waals surface area contributed by atoms with Gasteiger partial charge in [0.05, 0.1) is 20.4 Å². The summed E-state index contributed by atoms with van der Waals surface area (Å²) in [6.45, 7) is 1.18. The lowest BCUT2D eigenvalue weighted by atomic mass is 10.2. The van der Waals surface area contributed by atoms with Gasteiger partial charge in [-0.25, -0.2) is 8.42 Å². The van der Waals surface area contributed by atoms with Gasteiger partial charge < -0.3 is 14.6 Å². The molecule has 0 aliphatic heterocycles. The third-order valence-electron chi connectivity index (χ3n) is 5.33. The Bertz CT molecular complexity index is 1050.